The van der Waals surface area contributed by atoms with Crippen LogP contribution in [-0.4, -0.2) is 17.7 Å². The highest BCUT2D eigenvalue weighted by atomic mass is 32.2. The van der Waals surface area contributed by atoms with Crippen molar-refractivity contribution in [1.82, 2.24) is 0 Å². The molecule has 104 valence electrons. The lowest BCUT2D eigenvalue weighted by Crippen LogP contribution is -2.16. The molecule has 0 amide bonds. The van der Waals surface area contributed by atoms with Crippen LogP contribution in [0.1, 0.15) is 29.9 Å². The summed E-state index contributed by atoms with van der Waals surface area (Å²) in [5, 5.41) is -0.163. The molecule has 1 aromatic rings. The van der Waals surface area contributed by atoms with E-state index >= 15 is 0 Å². The molecular weight excluding hydrogens is 268 g/mol. The van der Waals surface area contributed by atoms with Gasteiger partial charge in [0.2, 0.25) is 0 Å². The first-order chi connectivity index (χ1) is 9.81. The van der Waals surface area contributed by atoms with Crippen molar-refractivity contribution in [2.45, 2.75) is 18.8 Å². The second kappa shape index (κ2) is 5.88. The number of allylic oxidation sites excluding steroid dienone is 4. The fourth-order valence-electron chi connectivity index (χ4n) is 3.20. The summed E-state index contributed by atoms with van der Waals surface area (Å²) < 4.78 is 5.44. The molecular formula is C17H18O2S. The van der Waals surface area contributed by atoms with E-state index in [1.54, 1.807) is 0 Å². The molecule has 0 saturated heterocycles. The standard InChI is InChI=1S/C17H18O2S/c1-2-20-17(18)19-11-16-14-9-5-3-7-12(14)13-8-4-6-10-15(13)16/h3-10,12,14,16H,2,11H2,1H3. The van der Waals surface area contributed by atoms with Crippen molar-refractivity contribution in [1.29, 1.82) is 0 Å². The van der Waals surface area contributed by atoms with Crippen LogP contribution in [0.15, 0.2) is 48.6 Å². The van der Waals surface area contributed by atoms with Gasteiger partial charge in [0.25, 0.3) is 0 Å². The smallest absolute Gasteiger partial charge is 0.367 e. The van der Waals surface area contributed by atoms with E-state index in [0.717, 1.165) is 5.75 Å². The van der Waals surface area contributed by atoms with Gasteiger partial charge < -0.3 is 4.74 Å². The fourth-order valence-corrected chi connectivity index (χ4v) is 3.58. The van der Waals surface area contributed by atoms with E-state index in [1.807, 2.05) is 6.92 Å². The zero-order valence-corrected chi connectivity index (χ0v) is 12.3. The molecule has 20 heavy (non-hydrogen) atoms. The van der Waals surface area contributed by atoms with Gasteiger partial charge in [-0.15, -0.1) is 0 Å². The minimum absolute atomic E-state index is 0.163. The van der Waals surface area contributed by atoms with Crippen LogP contribution in [-0.2, 0) is 4.74 Å². The Morgan fingerprint density at radius 1 is 1.20 bits per heavy atom. The van der Waals surface area contributed by atoms with Crippen molar-refractivity contribution in [2.24, 2.45) is 5.92 Å². The summed E-state index contributed by atoms with van der Waals surface area (Å²) in [6.07, 6.45) is 8.71. The highest BCUT2D eigenvalue weighted by Crippen LogP contribution is 2.49. The number of hydrogen-bond donors (Lipinski definition) is 0. The maximum absolute atomic E-state index is 11.6. The third-order valence-corrected chi connectivity index (χ3v) is 4.68. The van der Waals surface area contributed by atoms with Crippen LogP contribution < -0.4 is 0 Å². The number of fused-ring (bicyclic) bond motifs is 3. The van der Waals surface area contributed by atoms with Gasteiger partial charge in [0.1, 0.15) is 0 Å². The fraction of sp³-hybridized carbons (Fsp3) is 0.353. The molecule has 2 nitrogen and oxygen atoms in total. The number of thioether (sulfide) groups is 1. The average molecular weight is 286 g/mol. The van der Waals surface area contributed by atoms with E-state index in [0.29, 0.717) is 18.4 Å². The quantitative estimate of drug-likeness (QED) is 0.765. The van der Waals surface area contributed by atoms with Crippen LogP contribution in [0.3, 0.4) is 0 Å². The van der Waals surface area contributed by atoms with Gasteiger partial charge in [0, 0.05) is 17.6 Å². The van der Waals surface area contributed by atoms with Gasteiger partial charge >= 0.3 is 5.30 Å². The lowest BCUT2D eigenvalue weighted by atomic mass is 9.84. The van der Waals surface area contributed by atoms with Crippen molar-refractivity contribution in [3.63, 3.8) is 0 Å². The van der Waals surface area contributed by atoms with Crippen LogP contribution in [0.2, 0.25) is 0 Å². The molecule has 3 unspecified atom stereocenters. The zero-order valence-electron chi connectivity index (χ0n) is 11.5. The number of carbonyl (C=O) groups is 1. The van der Waals surface area contributed by atoms with E-state index in [1.165, 1.54) is 22.9 Å². The maximum Gasteiger partial charge on any atom is 0.367 e. The average Bonchev–Trinajstić information content (AvgIpc) is 2.80. The summed E-state index contributed by atoms with van der Waals surface area (Å²) in [5.74, 6) is 1.88. The first-order valence-corrected chi connectivity index (χ1v) is 8.03. The summed E-state index contributed by atoms with van der Waals surface area (Å²) in [5.41, 5.74) is 2.70. The first kappa shape index (κ1) is 13.5. The van der Waals surface area contributed by atoms with Gasteiger partial charge in [0.15, 0.2) is 0 Å². The Hall–Kier alpha value is -1.48. The van der Waals surface area contributed by atoms with Crippen molar-refractivity contribution in [2.75, 3.05) is 12.4 Å². The molecule has 0 N–H and O–H groups in total. The monoisotopic (exact) mass is 286 g/mol. The third-order valence-electron chi connectivity index (χ3n) is 4.04. The topological polar surface area (TPSA) is 26.3 Å². The minimum atomic E-state index is -0.163. The SMILES string of the molecule is CCSC(=O)OCC1c2ccccc2C2C=CC=CC21. The summed E-state index contributed by atoms with van der Waals surface area (Å²) in [6, 6.07) is 8.52. The minimum Gasteiger partial charge on any atom is -0.457 e. The molecule has 1 aromatic carbocycles. The Bertz CT molecular complexity index is 562. The predicted molar refractivity (Wildman–Crippen MR) is 83.2 cm³/mol. The Balaban J connectivity index is 1.81. The van der Waals surface area contributed by atoms with E-state index in [-0.39, 0.29) is 11.2 Å². The highest BCUT2D eigenvalue weighted by molar-refractivity contribution is 8.13. The van der Waals surface area contributed by atoms with Crippen molar-refractivity contribution in [3.05, 3.63) is 59.7 Å². The molecule has 3 atom stereocenters. The van der Waals surface area contributed by atoms with E-state index in [2.05, 4.69) is 48.6 Å². The summed E-state index contributed by atoms with van der Waals surface area (Å²) >= 11 is 1.23. The molecule has 0 saturated carbocycles. The van der Waals surface area contributed by atoms with Crippen LogP contribution >= 0.6 is 11.8 Å². The van der Waals surface area contributed by atoms with Gasteiger partial charge in [-0.1, -0.05) is 55.5 Å². The van der Waals surface area contributed by atoms with Gasteiger partial charge in [-0.25, -0.2) is 4.79 Å². The molecule has 2 aliphatic carbocycles. The third kappa shape index (κ3) is 2.42. The zero-order chi connectivity index (χ0) is 13.9. The number of benzene rings is 1. The lowest BCUT2D eigenvalue weighted by molar-refractivity contribution is 0.161. The molecule has 0 aliphatic heterocycles. The second-order valence-corrected chi connectivity index (χ2v) is 6.30. The van der Waals surface area contributed by atoms with E-state index in [4.69, 9.17) is 4.74 Å². The summed E-state index contributed by atoms with van der Waals surface area (Å²) in [6.45, 7) is 2.43. The van der Waals surface area contributed by atoms with Gasteiger partial charge in [-0.05, 0) is 28.8 Å². The van der Waals surface area contributed by atoms with Crippen molar-refractivity contribution >= 4 is 17.1 Å². The van der Waals surface area contributed by atoms with Gasteiger partial charge in [-0.2, -0.15) is 0 Å². The van der Waals surface area contributed by atoms with Gasteiger partial charge in [-0.3, -0.25) is 0 Å². The Morgan fingerprint density at radius 3 is 2.75 bits per heavy atom. The van der Waals surface area contributed by atoms with Crippen molar-refractivity contribution in [3.8, 4) is 0 Å². The molecule has 0 fully saturated rings. The van der Waals surface area contributed by atoms with Crippen LogP contribution in [0, 0.1) is 5.92 Å². The van der Waals surface area contributed by atoms with Crippen LogP contribution in [0.5, 0.6) is 0 Å². The predicted octanol–water partition coefficient (Wildman–Crippen LogP) is 4.50. The second-order valence-electron chi connectivity index (χ2n) is 5.10. The largest absolute Gasteiger partial charge is 0.457 e. The number of carbonyl (C=O) groups excluding carboxylic acids is 1. The molecule has 3 heteroatoms. The number of rotatable bonds is 3. The van der Waals surface area contributed by atoms with Gasteiger partial charge in [0.05, 0.1) is 6.61 Å². The number of hydrogen-bond acceptors (Lipinski definition) is 3. The number of ether oxygens (including phenoxy) is 1. The van der Waals surface area contributed by atoms with Crippen molar-refractivity contribution < 1.29 is 9.53 Å². The highest BCUT2D eigenvalue weighted by Gasteiger charge is 2.38. The lowest BCUT2D eigenvalue weighted by Gasteiger charge is -2.22. The summed E-state index contributed by atoms with van der Waals surface area (Å²) in [7, 11) is 0. The Labute approximate surface area is 123 Å². The first-order valence-electron chi connectivity index (χ1n) is 7.04. The molecule has 0 heterocycles. The normalized spacial score (nSPS) is 26.1. The molecule has 0 aromatic heterocycles. The Morgan fingerprint density at radius 2 is 1.95 bits per heavy atom. The summed E-state index contributed by atoms with van der Waals surface area (Å²) in [4.78, 5) is 11.6. The molecule has 0 spiro atoms. The van der Waals surface area contributed by atoms with E-state index < -0.39 is 0 Å². The van der Waals surface area contributed by atoms with Crippen LogP contribution in [0.25, 0.3) is 0 Å². The molecule has 2 aliphatic rings. The Kier molecular flexibility index (Phi) is 3.97. The maximum atomic E-state index is 11.6. The molecule has 3 rings (SSSR count). The van der Waals surface area contributed by atoms with E-state index in [9.17, 15) is 4.79 Å². The molecule has 0 radical (unpaired) electrons. The molecule has 0 bridgehead atoms. The van der Waals surface area contributed by atoms with Crippen LogP contribution in [0.4, 0.5) is 4.79 Å².